The van der Waals surface area contributed by atoms with Crippen LogP contribution in [0.5, 0.6) is 0 Å². The van der Waals surface area contributed by atoms with E-state index in [2.05, 4.69) is 0 Å². The van der Waals surface area contributed by atoms with Crippen molar-refractivity contribution < 1.29 is 19.4 Å². The van der Waals surface area contributed by atoms with E-state index < -0.39 is 6.16 Å². The summed E-state index contributed by atoms with van der Waals surface area (Å²) in [6.07, 6.45) is -1.83. The summed E-state index contributed by atoms with van der Waals surface area (Å²) in [5.74, 6) is 0. The molecule has 2 rings (SSSR count). The van der Waals surface area contributed by atoms with Crippen molar-refractivity contribution in [1.82, 2.24) is 0 Å². The molecule has 2 aromatic rings. The van der Waals surface area contributed by atoms with Gasteiger partial charge in [0, 0.05) is 10.9 Å². The van der Waals surface area contributed by atoms with Crippen molar-refractivity contribution in [2.45, 2.75) is 6.92 Å². The van der Waals surface area contributed by atoms with Crippen LogP contribution in [0.4, 0.5) is 4.79 Å². The number of hydrogen-bond donors (Lipinski definition) is 2. The van der Waals surface area contributed by atoms with Crippen molar-refractivity contribution in [1.29, 1.82) is 0 Å². The molecule has 0 bridgehead atoms. The van der Waals surface area contributed by atoms with E-state index in [0.717, 1.165) is 5.39 Å². The lowest BCUT2D eigenvalue weighted by Crippen LogP contribution is -2.01. The van der Waals surface area contributed by atoms with Crippen LogP contribution in [0.1, 0.15) is 5.56 Å². The smallest absolute Gasteiger partial charge is 0.450 e. The van der Waals surface area contributed by atoms with Gasteiger partial charge in [-0.3, -0.25) is 0 Å². The predicted molar refractivity (Wildman–Crippen MR) is 57.9 cm³/mol. The fourth-order valence-corrected chi connectivity index (χ4v) is 1.17. The van der Waals surface area contributed by atoms with Gasteiger partial charge in [0.25, 0.3) is 0 Å². The molecule has 1 aromatic carbocycles. The molecule has 5 heteroatoms. The number of fused-ring (bicyclic) bond motifs is 1. The van der Waals surface area contributed by atoms with E-state index in [1.165, 1.54) is 0 Å². The number of hydrogen-bond acceptors (Lipinski definition) is 3. The highest BCUT2D eigenvalue weighted by molar-refractivity contribution is 5.76. The number of aryl methyl sites for hydroxylation is 1. The molecule has 5 nitrogen and oxygen atoms in total. The minimum Gasteiger partial charge on any atom is -0.450 e. The van der Waals surface area contributed by atoms with Crippen molar-refractivity contribution in [3.8, 4) is 0 Å². The topological polar surface area (TPSA) is 87.7 Å². The number of para-hydroxylation sites is 1. The van der Waals surface area contributed by atoms with Crippen molar-refractivity contribution in [3.05, 3.63) is 46.3 Å². The second-order valence-corrected chi connectivity index (χ2v) is 3.04. The highest BCUT2D eigenvalue weighted by Crippen LogP contribution is 2.11. The normalized spacial score (nSPS) is 9.31. The lowest BCUT2D eigenvalue weighted by Gasteiger charge is -1.95. The van der Waals surface area contributed by atoms with E-state index in [0.29, 0.717) is 11.1 Å². The Morgan fingerprint density at radius 2 is 1.81 bits per heavy atom. The van der Waals surface area contributed by atoms with E-state index in [9.17, 15) is 4.79 Å². The summed E-state index contributed by atoms with van der Waals surface area (Å²) in [7, 11) is 0. The van der Waals surface area contributed by atoms with Gasteiger partial charge in [-0.05, 0) is 19.1 Å². The van der Waals surface area contributed by atoms with E-state index in [4.69, 9.17) is 19.4 Å². The lowest BCUT2D eigenvalue weighted by atomic mass is 10.2. The van der Waals surface area contributed by atoms with Crippen molar-refractivity contribution in [3.63, 3.8) is 0 Å². The summed E-state index contributed by atoms with van der Waals surface area (Å²) in [6, 6.07) is 9.31. The highest BCUT2D eigenvalue weighted by atomic mass is 16.6. The maximum absolute atomic E-state index is 11.1. The molecule has 0 aliphatic rings. The first-order valence-electron chi connectivity index (χ1n) is 4.42. The molecular formula is C11H10O5. The van der Waals surface area contributed by atoms with Gasteiger partial charge in [0.2, 0.25) is 0 Å². The molecule has 0 amide bonds. The molecule has 0 atom stereocenters. The summed E-state index contributed by atoms with van der Waals surface area (Å²) < 4.78 is 5.04. The molecule has 1 aromatic heterocycles. The number of carboxylic acid groups (broad SMARTS) is 2. The van der Waals surface area contributed by atoms with Gasteiger partial charge in [-0.2, -0.15) is 0 Å². The van der Waals surface area contributed by atoms with Gasteiger partial charge < -0.3 is 14.6 Å². The number of rotatable bonds is 0. The Morgan fingerprint density at radius 1 is 1.25 bits per heavy atom. The minimum absolute atomic E-state index is 0.256. The van der Waals surface area contributed by atoms with E-state index >= 15 is 0 Å². The maximum atomic E-state index is 11.1. The second-order valence-electron chi connectivity index (χ2n) is 3.04. The largest absolute Gasteiger partial charge is 0.503 e. The molecule has 2 N–H and O–H groups in total. The van der Waals surface area contributed by atoms with Gasteiger partial charge >= 0.3 is 11.8 Å². The summed E-state index contributed by atoms with van der Waals surface area (Å²) in [5, 5.41) is 14.9. The monoisotopic (exact) mass is 222 g/mol. The third kappa shape index (κ3) is 3.13. The SMILES string of the molecule is Cc1cc2ccccc2oc1=O.O=C(O)O. The fourth-order valence-electron chi connectivity index (χ4n) is 1.17. The summed E-state index contributed by atoms with van der Waals surface area (Å²) in [4.78, 5) is 19.6. The molecule has 0 saturated heterocycles. The average molecular weight is 222 g/mol. The molecule has 1 heterocycles. The summed E-state index contributed by atoms with van der Waals surface area (Å²) in [6.45, 7) is 1.75. The second kappa shape index (κ2) is 4.97. The summed E-state index contributed by atoms with van der Waals surface area (Å²) >= 11 is 0. The van der Waals surface area contributed by atoms with Gasteiger partial charge in [0.15, 0.2) is 0 Å². The molecule has 0 unspecified atom stereocenters. The van der Waals surface area contributed by atoms with Crippen molar-refractivity contribution in [2.24, 2.45) is 0 Å². The first-order chi connectivity index (χ1) is 7.50. The zero-order chi connectivity index (χ0) is 12.1. The van der Waals surface area contributed by atoms with Crippen LogP contribution in [0.3, 0.4) is 0 Å². The number of carbonyl (C=O) groups is 1. The Kier molecular flexibility index (Phi) is 3.66. The molecule has 0 aliphatic carbocycles. The minimum atomic E-state index is -1.83. The third-order valence-electron chi connectivity index (χ3n) is 1.82. The van der Waals surface area contributed by atoms with Crippen LogP contribution < -0.4 is 5.63 Å². The van der Waals surface area contributed by atoms with Crippen molar-refractivity contribution in [2.75, 3.05) is 0 Å². The zero-order valence-electron chi connectivity index (χ0n) is 8.51. The highest BCUT2D eigenvalue weighted by Gasteiger charge is 1.98. The van der Waals surface area contributed by atoms with Gasteiger partial charge in [-0.1, -0.05) is 18.2 Å². The predicted octanol–water partition coefficient (Wildman–Crippen LogP) is 2.32. The maximum Gasteiger partial charge on any atom is 0.503 e. The molecule has 16 heavy (non-hydrogen) atoms. The zero-order valence-corrected chi connectivity index (χ0v) is 8.51. The van der Waals surface area contributed by atoms with Crippen LogP contribution >= 0.6 is 0 Å². The van der Waals surface area contributed by atoms with Gasteiger partial charge in [0.1, 0.15) is 5.58 Å². The third-order valence-corrected chi connectivity index (χ3v) is 1.82. The standard InChI is InChI=1S/C10H8O2.CH2O3/c1-7-6-8-4-2-3-5-9(8)12-10(7)11;2-1(3)4/h2-6H,1H3;(H2,2,3,4). The van der Waals surface area contributed by atoms with Crippen LogP contribution in [-0.4, -0.2) is 16.4 Å². The number of benzene rings is 1. The molecule has 0 fully saturated rings. The first-order valence-corrected chi connectivity index (χ1v) is 4.42. The van der Waals surface area contributed by atoms with Crippen LogP contribution in [0.15, 0.2) is 39.5 Å². The van der Waals surface area contributed by atoms with E-state index in [1.807, 2.05) is 24.3 Å². The van der Waals surface area contributed by atoms with Crippen molar-refractivity contribution >= 4 is 17.1 Å². The molecule has 0 spiro atoms. The van der Waals surface area contributed by atoms with Gasteiger partial charge in [0.05, 0.1) is 0 Å². The van der Waals surface area contributed by atoms with Gasteiger partial charge in [-0.15, -0.1) is 0 Å². The molecular weight excluding hydrogens is 212 g/mol. The van der Waals surface area contributed by atoms with Gasteiger partial charge in [-0.25, -0.2) is 9.59 Å². The van der Waals surface area contributed by atoms with E-state index in [1.54, 1.807) is 13.0 Å². The summed E-state index contributed by atoms with van der Waals surface area (Å²) in [5.41, 5.74) is 1.04. The van der Waals surface area contributed by atoms with Crippen LogP contribution in [0.2, 0.25) is 0 Å². The molecule has 0 saturated carbocycles. The van der Waals surface area contributed by atoms with E-state index in [-0.39, 0.29) is 5.63 Å². The fraction of sp³-hybridized carbons (Fsp3) is 0.0909. The van der Waals surface area contributed by atoms with Crippen LogP contribution in [-0.2, 0) is 0 Å². The Labute approximate surface area is 90.6 Å². The quantitative estimate of drug-likeness (QED) is 0.668. The molecule has 84 valence electrons. The average Bonchev–Trinajstić information content (AvgIpc) is 2.19. The molecule has 0 radical (unpaired) electrons. The lowest BCUT2D eigenvalue weighted by molar-refractivity contribution is 0.137. The van der Waals surface area contributed by atoms with Crippen LogP contribution in [0.25, 0.3) is 11.0 Å². The Bertz CT molecular complexity index is 552. The Morgan fingerprint density at radius 3 is 2.44 bits per heavy atom. The van der Waals surface area contributed by atoms with Crippen LogP contribution in [0, 0.1) is 6.92 Å². The first kappa shape index (κ1) is 11.8. The Hall–Kier alpha value is -2.30. The molecule has 0 aliphatic heterocycles. The Balaban J connectivity index is 0.000000280.